The molecule has 0 saturated heterocycles. The molecule has 0 aliphatic carbocycles. The summed E-state index contributed by atoms with van der Waals surface area (Å²) < 4.78 is 0.594. The van der Waals surface area contributed by atoms with Crippen molar-refractivity contribution in [3.8, 4) is 12.3 Å². The van der Waals surface area contributed by atoms with Crippen molar-refractivity contribution in [2.45, 2.75) is 32.0 Å². The van der Waals surface area contributed by atoms with Gasteiger partial charge in [-0.1, -0.05) is 45.3 Å². The number of benzene rings is 2. The Morgan fingerprint density at radius 1 is 1.26 bits per heavy atom. The molecular weight excluding hydrogens is 556 g/mol. The van der Waals surface area contributed by atoms with Gasteiger partial charge in [-0.05, 0) is 36.8 Å². The van der Waals surface area contributed by atoms with Crippen molar-refractivity contribution in [2.75, 3.05) is 6.54 Å². The highest BCUT2D eigenvalue weighted by atomic mass is 79.9. The van der Waals surface area contributed by atoms with Gasteiger partial charge in [0.1, 0.15) is 5.82 Å². The summed E-state index contributed by atoms with van der Waals surface area (Å²) in [7, 11) is 0. The molecule has 2 aromatic heterocycles. The number of hydrogen-bond acceptors (Lipinski definition) is 8. The number of carboxylic acid groups (broad SMARTS) is 1. The van der Waals surface area contributed by atoms with Crippen LogP contribution >= 0.6 is 15.9 Å². The molecule has 0 radical (unpaired) electrons. The number of amides is 1. The standard InChI is InChI=1S/C25H23BrN8O4/c1-3-11-34(14-17-12-18-20(13-19(17)26)27-15(2)28-23(18)36)25(24(37)38,10-9-21-30-32-33-31-21)29-22(35)16-7-5-4-6-8-16/h1,4-8,12-13H,9-11,14H2,2H3,(H,29,35)(H,37,38)(H,27,28,36)(H,30,31,32,33). The highest BCUT2D eigenvalue weighted by molar-refractivity contribution is 9.10. The fourth-order valence-electron chi connectivity index (χ4n) is 4.11. The lowest BCUT2D eigenvalue weighted by molar-refractivity contribution is -0.154. The maximum Gasteiger partial charge on any atom is 0.345 e. The van der Waals surface area contributed by atoms with Crippen molar-refractivity contribution >= 4 is 38.7 Å². The zero-order valence-corrected chi connectivity index (χ0v) is 21.8. The van der Waals surface area contributed by atoms with E-state index in [2.05, 4.69) is 57.8 Å². The van der Waals surface area contributed by atoms with E-state index in [1.807, 2.05) is 0 Å². The van der Waals surface area contributed by atoms with Gasteiger partial charge in [-0.3, -0.25) is 14.5 Å². The van der Waals surface area contributed by atoms with Crippen LogP contribution in [0.15, 0.2) is 51.7 Å². The average Bonchev–Trinajstić information content (AvgIpc) is 3.41. The molecule has 4 N–H and O–H groups in total. The third-order valence-corrected chi connectivity index (χ3v) is 6.72. The Kier molecular flexibility index (Phi) is 7.94. The molecule has 4 rings (SSSR count). The number of fused-ring (bicyclic) bond motifs is 1. The lowest BCUT2D eigenvalue weighted by atomic mass is 9.98. The zero-order chi connectivity index (χ0) is 27.3. The van der Waals surface area contributed by atoms with Gasteiger partial charge in [-0.15, -0.1) is 16.6 Å². The van der Waals surface area contributed by atoms with Crippen LogP contribution in [0.1, 0.15) is 34.0 Å². The number of terminal acetylenes is 1. The van der Waals surface area contributed by atoms with E-state index in [1.54, 1.807) is 49.4 Å². The van der Waals surface area contributed by atoms with Crippen LogP contribution in [0.25, 0.3) is 10.9 Å². The van der Waals surface area contributed by atoms with Crippen LogP contribution in [0, 0.1) is 19.3 Å². The first-order chi connectivity index (χ1) is 18.2. The molecule has 1 atom stereocenters. The predicted molar refractivity (Wildman–Crippen MR) is 141 cm³/mol. The molecule has 1 amide bonds. The number of rotatable bonds is 10. The van der Waals surface area contributed by atoms with Crippen LogP contribution < -0.4 is 10.9 Å². The first kappa shape index (κ1) is 26.6. The SMILES string of the molecule is C#CCN(Cc1cc2c(=O)[nH]c(C)nc2cc1Br)C(CCc1nn[nH]n1)(NC(=O)c1ccccc1)C(=O)O. The molecule has 13 heteroatoms. The summed E-state index contributed by atoms with van der Waals surface area (Å²) in [4.78, 5) is 47.3. The van der Waals surface area contributed by atoms with E-state index in [0.717, 1.165) is 0 Å². The zero-order valence-electron chi connectivity index (χ0n) is 20.2. The number of hydrogen-bond donors (Lipinski definition) is 4. The lowest BCUT2D eigenvalue weighted by Crippen LogP contribution is -2.65. The molecule has 2 heterocycles. The van der Waals surface area contributed by atoms with Gasteiger partial charge >= 0.3 is 5.97 Å². The number of aromatic amines is 2. The van der Waals surface area contributed by atoms with E-state index >= 15 is 0 Å². The van der Waals surface area contributed by atoms with Crippen LogP contribution in [0.5, 0.6) is 0 Å². The molecule has 4 aromatic rings. The summed E-state index contributed by atoms with van der Waals surface area (Å²) in [6, 6.07) is 11.6. The quantitative estimate of drug-likeness (QED) is 0.162. The van der Waals surface area contributed by atoms with E-state index in [1.165, 1.54) is 4.90 Å². The molecule has 0 saturated carbocycles. The largest absolute Gasteiger partial charge is 0.478 e. The maximum absolute atomic E-state index is 13.2. The molecule has 12 nitrogen and oxygen atoms in total. The van der Waals surface area contributed by atoms with E-state index in [-0.39, 0.29) is 42.9 Å². The molecule has 1 unspecified atom stereocenters. The fraction of sp³-hybridized carbons (Fsp3) is 0.240. The third kappa shape index (κ3) is 5.61. The Bertz CT molecular complexity index is 1570. The van der Waals surface area contributed by atoms with E-state index in [9.17, 15) is 19.5 Å². The van der Waals surface area contributed by atoms with Crippen molar-refractivity contribution in [3.05, 3.63) is 80.1 Å². The Morgan fingerprint density at radius 3 is 2.68 bits per heavy atom. The number of tetrazole rings is 1. The Balaban J connectivity index is 1.79. The molecule has 0 fully saturated rings. The third-order valence-electron chi connectivity index (χ3n) is 5.98. The predicted octanol–water partition coefficient (Wildman–Crippen LogP) is 1.79. The molecule has 2 aromatic carbocycles. The molecule has 0 spiro atoms. The topological polar surface area (TPSA) is 170 Å². The van der Waals surface area contributed by atoms with Crippen molar-refractivity contribution in [1.82, 2.24) is 40.8 Å². The van der Waals surface area contributed by atoms with Gasteiger partial charge < -0.3 is 15.4 Å². The number of nitrogens with one attached hydrogen (secondary N) is 3. The average molecular weight is 579 g/mol. The normalized spacial score (nSPS) is 12.7. The number of carbonyl (C=O) groups excluding carboxylic acids is 1. The minimum atomic E-state index is -1.97. The highest BCUT2D eigenvalue weighted by Crippen LogP contribution is 2.28. The summed E-state index contributed by atoms with van der Waals surface area (Å²) in [6.07, 6.45) is 5.61. The van der Waals surface area contributed by atoms with Crippen LogP contribution in [-0.4, -0.2) is 64.7 Å². The number of carboxylic acids is 1. The van der Waals surface area contributed by atoms with Gasteiger partial charge in [0.05, 0.1) is 17.4 Å². The van der Waals surface area contributed by atoms with E-state index in [0.29, 0.717) is 26.8 Å². The molecule has 38 heavy (non-hydrogen) atoms. The molecule has 0 aliphatic heterocycles. The Morgan fingerprint density at radius 2 is 2.03 bits per heavy atom. The second-order valence-electron chi connectivity index (χ2n) is 8.49. The van der Waals surface area contributed by atoms with Gasteiger partial charge in [0.15, 0.2) is 11.5 Å². The number of halogens is 1. The summed E-state index contributed by atoms with van der Waals surface area (Å²) in [6.45, 7) is 1.51. The second kappa shape index (κ2) is 11.3. The van der Waals surface area contributed by atoms with Gasteiger partial charge in [0.25, 0.3) is 11.5 Å². The number of H-pyrrole nitrogens is 2. The second-order valence-corrected chi connectivity index (χ2v) is 9.34. The number of carbonyl (C=O) groups is 2. The monoisotopic (exact) mass is 578 g/mol. The summed E-state index contributed by atoms with van der Waals surface area (Å²) in [5.41, 5.74) is -0.971. The van der Waals surface area contributed by atoms with Crippen LogP contribution in [0.3, 0.4) is 0 Å². The van der Waals surface area contributed by atoms with E-state index < -0.39 is 17.5 Å². The fourth-order valence-corrected chi connectivity index (χ4v) is 4.57. The number of aromatic nitrogens is 6. The van der Waals surface area contributed by atoms with Gasteiger partial charge in [0, 0.05) is 29.4 Å². The van der Waals surface area contributed by atoms with Crippen LogP contribution in [0.2, 0.25) is 0 Å². The number of aliphatic carboxylic acids is 1. The molecule has 0 bridgehead atoms. The minimum absolute atomic E-state index is 0.0261. The van der Waals surface area contributed by atoms with Crippen LogP contribution in [-0.2, 0) is 17.8 Å². The van der Waals surface area contributed by atoms with Gasteiger partial charge in [0.2, 0.25) is 0 Å². The van der Waals surface area contributed by atoms with Crippen molar-refractivity contribution in [2.24, 2.45) is 0 Å². The number of aryl methyl sites for hydroxylation is 2. The van der Waals surface area contributed by atoms with Gasteiger partial charge in [-0.2, -0.15) is 5.21 Å². The van der Waals surface area contributed by atoms with E-state index in [4.69, 9.17) is 6.42 Å². The Labute approximate surface area is 225 Å². The summed E-state index contributed by atoms with van der Waals surface area (Å²) in [5.74, 6) is 1.30. The van der Waals surface area contributed by atoms with Gasteiger partial charge in [-0.25, -0.2) is 9.78 Å². The van der Waals surface area contributed by atoms with Crippen molar-refractivity contribution in [1.29, 1.82) is 0 Å². The molecule has 194 valence electrons. The molecule has 0 aliphatic rings. The summed E-state index contributed by atoms with van der Waals surface area (Å²) in [5, 5.41) is 27.3. The highest BCUT2D eigenvalue weighted by Gasteiger charge is 2.46. The minimum Gasteiger partial charge on any atom is -0.478 e. The number of nitrogens with zero attached hydrogens (tertiary/aromatic N) is 5. The first-order valence-corrected chi connectivity index (χ1v) is 12.2. The van der Waals surface area contributed by atoms with Crippen molar-refractivity contribution in [3.63, 3.8) is 0 Å². The van der Waals surface area contributed by atoms with Crippen LogP contribution in [0.4, 0.5) is 0 Å². The smallest absolute Gasteiger partial charge is 0.345 e. The van der Waals surface area contributed by atoms with Crippen molar-refractivity contribution < 1.29 is 14.7 Å². The first-order valence-electron chi connectivity index (χ1n) is 11.4. The Hall–Kier alpha value is -4.41. The summed E-state index contributed by atoms with van der Waals surface area (Å²) >= 11 is 3.51. The lowest BCUT2D eigenvalue weighted by Gasteiger charge is -2.40. The maximum atomic E-state index is 13.2. The molecular formula is C25H23BrN8O4.